The number of benzene rings is 1. The van der Waals surface area contributed by atoms with E-state index in [2.05, 4.69) is 0 Å². The van der Waals surface area contributed by atoms with Crippen molar-refractivity contribution < 1.29 is 41.8 Å². The molecule has 9 nitrogen and oxygen atoms in total. The van der Waals surface area contributed by atoms with Gasteiger partial charge in [0.2, 0.25) is 0 Å². The minimum absolute atomic E-state index is 0.225. The standard InChI is InChI=1S/C23H32O9Si/c1-26-16-9-7-8-15-19(16)21(27-2)22(28-3)20(15)17(33(29-4,30-5)31-6)12-10-14-11-13-18(24)32-23(14)25/h7-9,14,17,20H,10-13H2,1-6H3. The molecule has 1 fully saturated rings. The molecule has 0 radical (unpaired) electrons. The van der Waals surface area contributed by atoms with Crippen LogP contribution >= 0.6 is 0 Å². The smallest absolute Gasteiger partial charge is 0.497 e. The minimum atomic E-state index is -3.26. The van der Waals surface area contributed by atoms with Crippen molar-refractivity contribution in [2.45, 2.75) is 37.1 Å². The van der Waals surface area contributed by atoms with E-state index >= 15 is 0 Å². The third-order valence-electron chi connectivity index (χ3n) is 6.55. The van der Waals surface area contributed by atoms with Crippen molar-refractivity contribution in [1.29, 1.82) is 0 Å². The highest BCUT2D eigenvalue weighted by atomic mass is 28.4. The van der Waals surface area contributed by atoms with Gasteiger partial charge >= 0.3 is 20.7 Å². The van der Waals surface area contributed by atoms with Crippen molar-refractivity contribution in [1.82, 2.24) is 0 Å². The highest BCUT2D eigenvalue weighted by Gasteiger charge is 2.55. The molecule has 1 saturated heterocycles. The van der Waals surface area contributed by atoms with E-state index in [0.717, 1.165) is 11.1 Å². The summed E-state index contributed by atoms with van der Waals surface area (Å²) < 4.78 is 39.8. The highest BCUT2D eigenvalue weighted by molar-refractivity contribution is 6.62. The zero-order valence-corrected chi connectivity index (χ0v) is 21.0. The third kappa shape index (κ3) is 4.52. The average Bonchev–Trinajstić information content (AvgIpc) is 3.16. The Labute approximate surface area is 195 Å². The van der Waals surface area contributed by atoms with Crippen LogP contribution < -0.4 is 4.74 Å². The number of carbonyl (C=O) groups is 2. The van der Waals surface area contributed by atoms with Gasteiger partial charge in [0, 0.05) is 33.3 Å². The van der Waals surface area contributed by atoms with Gasteiger partial charge in [0.25, 0.3) is 0 Å². The molecule has 0 amide bonds. The van der Waals surface area contributed by atoms with E-state index in [9.17, 15) is 9.59 Å². The summed E-state index contributed by atoms with van der Waals surface area (Å²) in [4.78, 5) is 23.8. The molecule has 3 rings (SSSR count). The van der Waals surface area contributed by atoms with Crippen LogP contribution in [0.1, 0.15) is 42.7 Å². The first-order valence-corrected chi connectivity index (χ1v) is 12.6. The summed E-state index contributed by atoms with van der Waals surface area (Å²) in [6.45, 7) is 0. The maximum atomic E-state index is 12.3. The fourth-order valence-corrected chi connectivity index (χ4v) is 7.67. The van der Waals surface area contributed by atoms with Crippen LogP contribution in [0, 0.1) is 5.92 Å². The fraction of sp³-hybridized carbons (Fsp3) is 0.565. The Hall–Kier alpha value is -2.40. The van der Waals surface area contributed by atoms with Gasteiger partial charge in [0.05, 0.1) is 38.7 Å². The van der Waals surface area contributed by atoms with E-state index in [1.165, 1.54) is 0 Å². The predicted molar refractivity (Wildman–Crippen MR) is 120 cm³/mol. The molecule has 0 spiro atoms. The van der Waals surface area contributed by atoms with Gasteiger partial charge in [-0.15, -0.1) is 0 Å². The maximum Gasteiger partial charge on any atom is 0.504 e. The zero-order valence-electron chi connectivity index (χ0n) is 20.0. The van der Waals surface area contributed by atoms with E-state index in [0.29, 0.717) is 36.5 Å². The van der Waals surface area contributed by atoms with Crippen LogP contribution in [0.3, 0.4) is 0 Å². The monoisotopic (exact) mass is 480 g/mol. The Kier molecular flexibility index (Phi) is 8.17. The van der Waals surface area contributed by atoms with Crippen LogP contribution in [0.4, 0.5) is 0 Å². The molecule has 1 aliphatic heterocycles. The molecule has 10 heteroatoms. The second-order valence-electron chi connectivity index (χ2n) is 7.93. The lowest BCUT2D eigenvalue weighted by atomic mass is 9.89. The molecule has 1 aromatic rings. The molecule has 182 valence electrons. The SMILES string of the molecule is COC1=C(OC)C(C(CCC2CCC(=O)OC2=O)[Si](OC)(OC)OC)c2cccc(OC)c21. The molecular formula is C23H32O9Si. The lowest BCUT2D eigenvalue weighted by Gasteiger charge is -2.37. The first-order chi connectivity index (χ1) is 15.9. The molecule has 0 aromatic heterocycles. The number of rotatable bonds is 11. The summed E-state index contributed by atoms with van der Waals surface area (Å²) in [6.07, 6.45) is 1.68. The van der Waals surface area contributed by atoms with Gasteiger partial charge in [-0.05, 0) is 30.9 Å². The Bertz CT molecular complexity index is 901. The highest BCUT2D eigenvalue weighted by Crippen LogP contribution is 2.55. The van der Waals surface area contributed by atoms with Crippen molar-refractivity contribution in [3.8, 4) is 5.75 Å². The first-order valence-electron chi connectivity index (χ1n) is 10.8. The van der Waals surface area contributed by atoms with Crippen molar-refractivity contribution in [3.05, 3.63) is 35.1 Å². The van der Waals surface area contributed by atoms with E-state index in [1.807, 2.05) is 18.2 Å². The lowest BCUT2D eigenvalue weighted by molar-refractivity contribution is -0.167. The van der Waals surface area contributed by atoms with E-state index in [4.69, 9.17) is 32.2 Å². The Morgan fingerprint density at radius 3 is 2.24 bits per heavy atom. The molecule has 1 heterocycles. The average molecular weight is 481 g/mol. The number of hydrogen-bond acceptors (Lipinski definition) is 9. The van der Waals surface area contributed by atoms with Gasteiger partial charge in [0.1, 0.15) is 11.5 Å². The molecular weight excluding hydrogens is 448 g/mol. The summed E-state index contributed by atoms with van der Waals surface area (Å²) in [6, 6.07) is 5.77. The summed E-state index contributed by atoms with van der Waals surface area (Å²) >= 11 is 0. The largest absolute Gasteiger partial charge is 0.504 e. The Morgan fingerprint density at radius 1 is 1.00 bits per heavy atom. The maximum absolute atomic E-state index is 12.3. The van der Waals surface area contributed by atoms with Crippen LogP contribution in [0.25, 0.3) is 5.76 Å². The van der Waals surface area contributed by atoms with Gasteiger partial charge in [0.15, 0.2) is 5.76 Å². The molecule has 0 N–H and O–H groups in total. The normalized spacial score (nSPS) is 21.5. The van der Waals surface area contributed by atoms with Gasteiger partial charge in [-0.2, -0.15) is 0 Å². The van der Waals surface area contributed by atoms with Crippen molar-refractivity contribution in [2.24, 2.45) is 5.92 Å². The number of carbonyl (C=O) groups excluding carboxylic acids is 2. The number of hydrogen-bond donors (Lipinski definition) is 0. The van der Waals surface area contributed by atoms with Crippen LogP contribution in [0.5, 0.6) is 5.75 Å². The quantitative estimate of drug-likeness (QED) is 0.268. The van der Waals surface area contributed by atoms with Gasteiger partial charge in [-0.3, -0.25) is 9.59 Å². The summed E-state index contributed by atoms with van der Waals surface area (Å²) in [5.41, 5.74) is 1.44. The van der Waals surface area contributed by atoms with Gasteiger partial charge < -0.3 is 32.2 Å². The second-order valence-corrected chi connectivity index (χ2v) is 11.1. The lowest BCUT2D eigenvalue weighted by Crippen LogP contribution is -2.50. The van der Waals surface area contributed by atoms with E-state index in [-0.39, 0.29) is 23.8 Å². The van der Waals surface area contributed by atoms with Gasteiger partial charge in [-0.25, -0.2) is 0 Å². The number of cyclic esters (lactones) is 2. The first kappa shape index (κ1) is 25.2. The van der Waals surface area contributed by atoms with Crippen molar-refractivity contribution in [3.63, 3.8) is 0 Å². The molecule has 1 aliphatic carbocycles. The molecule has 3 unspecified atom stereocenters. The molecule has 0 bridgehead atoms. The number of esters is 2. The molecule has 0 saturated carbocycles. The number of ether oxygens (including phenoxy) is 4. The van der Waals surface area contributed by atoms with Crippen molar-refractivity contribution >= 4 is 26.5 Å². The number of allylic oxidation sites excluding steroid dienone is 1. The second kappa shape index (κ2) is 10.7. The third-order valence-corrected chi connectivity index (χ3v) is 9.79. The minimum Gasteiger partial charge on any atom is -0.497 e. The zero-order chi connectivity index (χ0) is 24.2. The summed E-state index contributed by atoms with van der Waals surface area (Å²) in [5.74, 6) is 0.189. The number of fused-ring (bicyclic) bond motifs is 1. The van der Waals surface area contributed by atoms with Crippen molar-refractivity contribution in [2.75, 3.05) is 42.7 Å². The predicted octanol–water partition coefficient (Wildman–Crippen LogP) is 3.26. The Morgan fingerprint density at radius 2 is 1.70 bits per heavy atom. The number of methoxy groups -OCH3 is 3. The molecule has 2 aliphatic rings. The Balaban J connectivity index is 2.07. The van der Waals surface area contributed by atoms with E-state index < -0.39 is 20.7 Å². The van der Waals surface area contributed by atoms with Crippen LogP contribution in [-0.2, 0) is 37.1 Å². The molecule has 3 atom stereocenters. The molecule has 1 aromatic carbocycles. The van der Waals surface area contributed by atoms with Gasteiger partial charge in [-0.1, -0.05) is 12.1 Å². The summed E-state index contributed by atoms with van der Waals surface area (Å²) in [7, 11) is 6.22. The van der Waals surface area contributed by atoms with Crippen LogP contribution in [0.15, 0.2) is 24.0 Å². The fourth-order valence-electron chi connectivity index (χ4n) is 5.00. The van der Waals surface area contributed by atoms with Crippen LogP contribution in [0.2, 0.25) is 5.54 Å². The van der Waals surface area contributed by atoms with E-state index in [1.54, 1.807) is 42.7 Å². The summed E-state index contributed by atoms with van der Waals surface area (Å²) in [5, 5.41) is 0. The van der Waals surface area contributed by atoms with Crippen LogP contribution in [-0.4, -0.2) is 63.4 Å². The topological polar surface area (TPSA) is 98.8 Å². The molecule has 33 heavy (non-hydrogen) atoms.